The minimum absolute atomic E-state index is 0.166. The molecule has 9 nitrogen and oxygen atoms in total. The molecule has 0 bridgehead atoms. The molecule has 0 atom stereocenters. The van der Waals surface area contributed by atoms with Crippen LogP contribution < -0.4 is 15.4 Å². The van der Waals surface area contributed by atoms with E-state index in [1.54, 1.807) is 6.33 Å². The van der Waals surface area contributed by atoms with Gasteiger partial charge in [-0.1, -0.05) is 26.0 Å². The van der Waals surface area contributed by atoms with Gasteiger partial charge in [0, 0.05) is 42.2 Å². The van der Waals surface area contributed by atoms with Crippen molar-refractivity contribution in [2.24, 2.45) is 13.0 Å². The van der Waals surface area contributed by atoms with Crippen LogP contribution in [0.15, 0.2) is 36.7 Å². The number of nitriles is 1. The maximum Gasteiger partial charge on any atom is 0.274 e. The van der Waals surface area contributed by atoms with Crippen molar-refractivity contribution in [1.82, 2.24) is 25.1 Å². The topological polar surface area (TPSA) is 118 Å². The van der Waals surface area contributed by atoms with Gasteiger partial charge in [-0.3, -0.25) is 4.79 Å². The van der Waals surface area contributed by atoms with Crippen LogP contribution in [0.2, 0.25) is 0 Å². The highest BCUT2D eigenvalue weighted by molar-refractivity contribution is 6.03. The lowest BCUT2D eigenvalue weighted by atomic mass is 9.57. The number of fused-ring (bicyclic) bond motifs is 1. The molecule has 2 fully saturated rings. The van der Waals surface area contributed by atoms with E-state index in [0.29, 0.717) is 36.9 Å². The van der Waals surface area contributed by atoms with Gasteiger partial charge in [-0.25, -0.2) is 4.98 Å². The molecule has 39 heavy (non-hydrogen) atoms. The molecule has 2 N–H and O–H groups in total. The third-order valence-electron chi connectivity index (χ3n) is 8.67. The summed E-state index contributed by atoms with van der Waals surface area (Å²) in [7, 11) is 1.95. The van der Waals surface area contributed by atoms with E-state index >= 15 is 0 Å². The highest BCUT2D eigenvalue weighted by Crippen LogP contribution is 2.53. The number of carbonyl (C=O) groups is 1. The zero-order chi connectivity index (χ0) is 27.4. The van der Waals surface area contributed by atoms with E-state index in [1.807, 2.05) is 35.9 Å². The summed E-state index contributed by atoms with van der Waals surface area (Å²) in [4.78, 5) is 18.3. The fraction of sp³-hybridized carbons (Fsp3) is 0.500. The molecule has 2 aliphatic carbocycles. The Morgan fingerprint density at radius 2 is 2.03 bits per heavy atom. The number of rotatable bonds is 8. The lowest BCUT2D eigenvalue weighted by Crippen LogP contribution is -2.44. The molecule has 1 aliphatic heterocycles. The number of pyridine rings is 1. The Morgan fingerprint density at radius 3 is 2.72 bits per heavy atom. The van der Waals surface area contributed by atoms with Crippen molar-refractivity contribution in [2.45, 2.75) is 75.8 Å². The lowest BCUT2D eigenvalue weighted by molar-refractivity contribution is 0.102. The standard InChI is InChI=1S/C30H35N7O2/c1-28(2)17-39-24-20(16-32-29(3)9-10-29)12-23(35-25(24)28)26(38)34-22-7-5-6-21(13-22)30(14-19(15-30)8-11-31)27-36-33-18-37(27)4/h5-7,12-13,18-19,32H,8-10,14-17H2,1-4H3,(H,34,38). The van der Waals surface area contributed by atoms with Crippen molar-refractivity contribution in [3.63, 3.8) is 0 Å². The Morgan fingerprint density at radius 1 is 1.23 bits per heavy atom. The van der Waals surface area contributed by atoms with Crippen molar-refractivity contribution in [1.29, 1.82) is 5.26 Å². The van der Waals surface area contributed by atoms with Crippen molar-refractivity contribution in [3.05, 3.63) is 65.0 Å². The van der Waals surface area contributed by atoms with Gasteiger partial charge in [0.25, 0.3) is 5.91 Å². The number of hydrogen-bond acceptors (Lipinski definition) is 7. The van der Waals surface area contributed by atoms with Crippen molar-refractivity contribution < 1.29 is 9.53 Å². The summed E-state index contributed by atoms with van der Waals surface area (Å²) < 4.78 is 8.01. The summed E-state index contributed by atoms with van der Waals surface area (Å²) in [6.07, 6.45) is 6.19. The van der Waals surface area contributed by atoms with Gasteiger partial charge in [-0.2, -0.15) is 5.26 Å². The molecule has 1 aromatic carbocycles. The number of aromatic nitrogens is 4. The minimum Gasteiger partial charge on any atom is -0.490 e. The first-order valence-corrected chi connectivity index (χ1v) is 13.7. The van der Waals surface area contributed by atoms with Crippen LogP contribution in [0.3, 0.4) is 0 Å². The predicted molar refractivity (Wildman–Crippen MR) is 146 cm³/mol. The normalized spacial score (nSPS) is 23.7. The van der Waals surface area contributed by atoms with E-state index in [4.69, 9.17) is 9.72 Å². The molecule has 6 rings (SSSR count). The van der Waals surface area contributed by atoms with E-state index < -0.39 is 0 Å². The predicted octanol–water partition coefficient (Wildman–Crippen LogP) is 4.38. The quantitative estimate of drug-likeness (QED) is 0.448. The second kappa shape index (κ2) is 9.16. The van der Waals surface area contributed by atoms with Crippen LogP contribution in [0.25, 0.3) is 0 Å². The van der Waals surface area contributed by atoms with Crippen LogP contribution in [-0.2, 0) is 24.4 Å². The molecule has 202 valence electrons. The van der Waals surface area contributed by atoms with Gasteiger partial charge in [0.05, 0.1) is 23.8 Å². The Hall–Kier alpha value is -3.77. The first-order valence-electron chi connectivity index (χ1n) is 13.7. The summed E-state index contributed by atoms with van der Waals surface area (Å²) in [6.45, 7) is 7.60. The Bertz CT molecular complexity index is 1470. The van der Waals surface area contributed by atoms with Crippen LogP contribution in [0.1, 0.15) is 86.0 Å². The highest BCUT2D eigenvalue weighted by Gasteiger charge is 2.49. The van der Waals surface area contributed by atoms with Gasteiger partial charge in [-0.05, 0) is 62.3 Å². The van der Waals surface area contributed by atoms with Gasteiger partial charge >= 0.3 is 0 Å². The van der Waals surface area contributed by atoms with Crippen LogP contribution in [-0.4, -0.2) is 37.8 Å². The van der Waals surface area contributed by atoms with E-state index in [-0.39, 0.29) is 22.3 Å². The highest BCUT2D eigenvalue weighted by atomic mass is 16.5. The molecule has 0 saturated heterocycles. The number of aryl methyl sites for hydroxylation is 1. The molecule has 3 aliphatic rings. The summed E-state index contributed by atoms with van der Waals surface area (Å²) in [5.74, 6) is 1.75. The summed E-state index contributed by atoms with van der Waals surface area (Å²) in [5.41, 5.74) is 3.51. The molecule has 0 radical (unpaired) electrons. The second-order valence-electron chi connectivity index (χ2n) is 12.5. The van der Waals surface area contributed by atoms with Gasteiger partial charge in [0.15, 0.2) is 0 Å². The molecule has 3 aromatic rings. The average Bonchev–Trinajstić information content (AvgIpc) is 3.33. The first kappa shape index (κ1) is 25.5. The zero-order valence-corrected chi connectivity index (χ0v) is 23.0. The molecular formula is C30H35N7O2. The van der Waals surface area contributed by atoms with Gasteiger partial charge in [0.1, 0.15) is 23.6 Å². The number of benzene rings is 1. The van der Waals surface area contributed by atoms with Gasteiger partial charge in [-0.15, -0.1) is 10.2 Å². The number of anilines is 1. The molecule has 1 amide bonds. The van der Waals surface area contributed by atoms with E-state index in [0.717, 1.165) is 54.1 Å². The first-order chi connectivity index (χ1) is 18.6. The molecule has 0 unspecified atom stereocenters. The number of nitrogens with one attached hydrogen (secondary N) is 2. The van der Waals surface area contributed by atoms with Gasteiger partial charge < -0.3 is 19.9 Å². The van der Waals surface area contributed by atoms with Crippen molar-refractivity contribution >= 4 is 11.6 Å². The smallest absolute Gasteiger partial charge is 0.274 e. The van der Waals surface area contributed by atoms with Crippen molar-refractivity contribution in [3.8, 4) is 11.8 Å². The van der Waals surface area contributed by atoms with Crippen LogP contribution >= 0.6 is 0 Å². The molecule has 3 heterocycles. The molecule has 9 heteroatoms. The number of carbonyl (C=O) groups excluding carboxylic acids is 1. The number of hydrogen-bond donors (Lipinski definition) is 2. The zero-order valence-electron chi connectivity index (χ0n) is 23.0. The number of nitrogens with zero attached hydrogens (tertiary/aromatic N) is 5. The Kier molecular flexibility index (Phi) is 5.99. The Labute approximate surface area is 229 Å². The monoisotopic (exact) mass is 525 g/mol. The Balaban J connectivity index is 1.28. The second-order valence-corrected chi connectivity index (χ2v) is 12.5. The maximum atomic E-state index is 13.6. The van der Waals surface area contributed by atoms with E-state index in [2.05, 4.69) is 53.7 Å². The summed E-state index contributed by atoms with van der Waals surface area (Å²) in [5, 5.41) is 24.5. The SMILES string of the molecule is Cn1cnnc1C1(c2cccc(NC(=O)c3cc(CNC4(C)CC4)c4c(n3)C(C)(C)CO4)c2)CC(CC#N)C1. The molecule has 0 spiro atoms. The van der Waals surface area contributed by atoms with Crippen LogP contribution in [0.5, 0.6) is 5.75 Å². The van der Waals surface area contributed by atoms with Gasteiger partial charge in [0.2, 0.25) is 0 Å². The summed E-state index contributed by atoms with van der Waals surface area (Å²) in [6, 6.07) is 12.1. The number of ether oxygens (including phenoxy) is 1. The molecule has 2 aromatic heterocycles. The third kappa shape index (κ3) is 4.57. The third-order valence-corrected chi connectivity index (χ3v) is 8.67. The van der Waals surface area contributed by atoms with Crippen molar-refractivity contribution in [2.75, 3.05) is 11.9 Å². The maximum absolute atomic E-state index is 13.6. The molecule has 2 saturated carbocycles. The van der Waals surface area contributed by atoms with Crippen LogP contribution in [0.4, 0.5) is 5.69 Å². The average molecular weight is 526 g/mol. The fourth-order valence-electron chi connectivity index (χ4n) is 6.00. The lowest BCUT2D eigenvalue weighted by Gasteiger charge is -2.46. The number of amides is 1. The van der Waals surface area contributed by atoms with E-state index in [1.165, 1.54) is 0 Å². The minimum atomic E-state index is -0.335. The largest absolute Gasteiger partial charge is 0.490 e. The summed E-state index contributed by atoms with van der Waals surface area (Å²) >= 11 is 0. The fourth-order valence-corrected chi connectivity index (χ4v) is 6.00. The van der Waals surface area contributed by atoms with Crippen LogP contribution in [0, 0.1) is 17.2 Å². The van der Waals surface area contributed by atoms with E-state index in [9.17, 15) is 10.1 Å². The molecular weight excluding hydrogens is 490 g/mol.